The molecule has 0 heterocycles. The lowest BCUT2D eigenvalue weighted by molar-refractivity contribution is 0.192. The van der Waals surface area contributed by atoms with Gasteiger partial charge in [-0.15, -0.1) is 0 Å². The van der Waals surface area contributed by atoms with Crippen LogP contribution < -0.4 is 4.74 Å². The number of benzene rings is 3. The van der Waals surface area contributed by atoms with Crippen LogP contribution in [0.5, 0.6) is 5.75 Å². The first kappa shape index (κ1) is 20.9. The van der Waals surface area contributed by atoms with Gasteiger partial charge in [0, 0.05) is 17.2 Å². The molecule has 0 aliphatic rings. The first-order chi connectivity index (χ1) is 13.9. The lowest BCUT2D eigenvalue weighted by Gasteiger charge is -2.11. The molecule has 0 aliphatic heterocycles. The summed E-state index contributed by atoms with van der Waals surface area (Å²) in [7, 11) is 0. The molecular formula is C24H23F3O2. The van der Waals surface area contributed by atoms with Crippen LogP contribution in [-0.2, 0) is 12.8 Å². The predicted molar refractivity (Wildman–Crippen MR) is 107 cm³/mol. The van der Waals surface area contributed by atoms with Crippen LogP contribution in [0.2, 0.25) is 0 Å². The van der Waals surface area contributed by atoms with Gasteiger partial charge >= 0.3 is 0 Å². The lowest BCUT2D eigenvalue weighted by atomic mass is 9.98. The van der Waals surface area contributed by atoms with E-state index in [4.69, 9.17) is 4.74 Å². The number of rotatable bonds is 7. The molecule has 2 nitrogen and oxygen atoms in total. The minimum Gasteiger partial charge on any atom is -0.494 e. The fraction of sp³-hybridized carbons (Fsp3) is 0.250. The van der Waals surface area contributed by atoms with Crippen molar-refractivity contribution in [2.45, 2.75) is 32.8 Å². The molecule has 29 heavy (non-hydrogen) atoms. The summed E-state index contributed by atoms with van der Waals surface area (Å²) in [5.74, 6) is -1.80. The molecule has 0 bridgehead atoms. The van der Waals surface area contributed by atoms with Crippen molar-refractivity contribution in [1.29, 1.82) is 0 Å². The van der Waals surface area contributed by atoms with Gasteiger partial charge < -0.3 is 9.84 Å². The smallest absolute Gasteiger partial charge is 0.164 e. The first-order valence-corrected chi connectivity index (χ1v) is 9.57. The Balaban J connectivity index is 1.71. The Kier molecular flexibility index (Phi) is 6.60. The Morgan fingerprint density at radius 2 is 1.62 bits per heavy atom. The molecule has 0 spiro atoms. The highest BCUT2D eigenvalue weighted by Crippen LogP contribution is 2.27. The van der Waals surface area contributed by atoms with Gasteiger partial charge in [0.25, 0.3) is 0 Å². The third-order valence-electron chi connectivity index (χ3n) is 4.84. The Labute approximate surface area is 168 Å². The van der Waals surface area contributed by atoms with Crippen LogP contribution in [0.4, 0.5) is 13.2 Å². The molecule has 0 radical (unpaired) electrons. The second-order valence-corrected chi connectivity index (χ2v) is 6.89. The second kappa shape index (κ2) is 9.14. The van der Waals surface area contributed by atoms with Gasteiger partial charge in [-0.1, -0.05) is 36.4 Å². The van der Waals surface area contributed by atoms with Crippen molar-refractivity contribution >= 4 is 0 Å². The van der Waals surface area contributed by atoms with Gasteiger partial charge in [0.05, 0.1) is 12.7 Å². The van der Waals surface area contributed by atoms with Crippen molar-refractivity contribution in [2.75, 3.05) is 6.61 Å². The summed E-state index contributed by atoms with van der Waals surface area (Å²) in [4.78, 5) is 0. The van der Waals surface area contributed by atoms with E-state index < -0.39 is 17.7 Å². The Bertz CT molecular complexity index is 982. The highest BCUT2D eigenvalue weighted by atomic mass is 19.2. The van der Waals surface area contributed by atoms with Crippen LogP contribution in [0.25, 0.3) is 11.1 Å². The van der Waals surface area contributed by atoms with Gasteiger partial charge in [0.15, 0.2) is 11.6 Å². The maximum absolute atomic E-state index is 14.3. The summed E-state index contributed by atoms with van der Waals surface area (Å²) < 4.78 is 47.8. The Morgan fingerprint density at radius 3 is 2.24 bits per heavy atom. The van der Waals surface area contributed by atoms with Gasteiger partial charge in [-0.05, 0) is 55.5 Å². The number of hydrogen-bond donors (Lipinski definition) is 1. The van der Waals surface area contributed by atoms with Crippen LogP contribution in [0, 0.1) is 17.5 Å². The summed E-state index contributed by atoms with van der Waals surface area (Å²) in [5, 5.41) is 9.47. The van der Waals surface area contributed by atoms with E-state index in [1.54, 1.807) is 12.1 Å². The molecular weight excluding hydrogens is 377 g/mol. The van der Waals surface area contributed by atoms with Gasteiger partial charge in [-0.25, -0.2) is 13.2 Å². The lowest BCUT2D eigenvalue weighted by Crippen LogP contribution is -2.03. The summed E-state index contributed by atoms with van der Waals surface area (Å²) >= 11 is 0. The zero-order valence-electron chi connectivity index (χ0n) is 16.4. The number of halogens is 3. The van der Waals surface area contributed by atoms with E-state index in [2.05, 4.69) is 0 Å². The number of aryl methyl sites for hydroxylation is 2. The third-order valence-corrected chi connectivity index (χ3v) is 4.84. The second-order valence-electron chi connectivity index (χ2n) is 6.89. The molecule has 0 fully saturated rings. The molecule has 1 N–H and O–H groups in total. The summed E-state index contributed by atoms with van der Waals surface area (Å²) in [6.07, 6.45) is -0.232. The Hall–Kier alpha value is -2.79. The molecule has 1 unspecified atom stereocenters. The van der Waals surface area contributed by atoms with Crippen LogP contribution in [0.15, 0.2) is 54.6 Å². The number of hydrogen-bond acceptors (Lipinski definition) is 2. The van der Waals surface area contributed by atoms with E-state index in [0.29, 0.717) is 30.8 Å². The molecule has 3 rings (SSSR count). The van der Waals surface area contributed by atoms with E-state index in [0.717, 1.165) is 11.1 Å². The van der Waals surface area contributed by atoms with Gasteiger partial charge in [0.1, 0.15) is 11.6 Å². The molecule has 3 aromatic rings. The Morgan fingerprint density at radius 1 is 0.897 bits per heavy atom. The summed E-state index contributed by atoms with van der Waals surface area (Å²) in [6.45, 7) is 3.71. The highest BCUT2D eigenvalue weighted by Gasteiger charge is 2.16. The number of ether oxygens (including phenoxy) is 1. The maximum Gasteiger partial charge on any atom is 0.164 e. The molecule has 0 amide bonds. The summed E-state index contributed by atoms with van der Waals surface area (Å²) in [5.41, 5.74) is 2.34. The molecule has 0 saturated heterocycles. The minimum absolute atomic E-state index is 0.0482. The van der Waals surface area contributed by atoms with Crippen LogP contribution in [-0.4, -0.2) is 11.7 Å². The standard InChI is InChI=1S/C24H23F3O2/c1-3-29-19-11-13-21(22(25)14-19)17-7-4-16(5-8-17)6-9-18-10-12-20(15(2)28)24(27)23(18)26/h4-5,7-8,10-15,28H,3,6,9H2,1-2H3. The zero-order chi connectivity index (χ0) is 21.0. The highest BCUT2D eigenvalue weighted by molar-refractivity contribution is 5.65. The fourth-order valence-corrected chi connectivity index (χ4v) is 3.24. The quantitative estimate of drug-likeness (QED) is 0.526. The molecule has 0 saturated carbocycles. The first-order valence-electron chi connectivity index (χ1n) is 9.57. The molecule has 0 aromatic heterocycles. The summed E-state index contributed by atoms with van der Waals surface area (Å²) in [6, 6.07) is 15.0. The SMILES string of the molecule is CCOc1ccc(-c2ccc(CCc3ccc(C(C)O)c(F)c3F)cc2)c(F)c1. The monoisotopic (exact) mass is 400 g/mol. The number of aliphatic hydroxyl groups excluding tert-OH is 1. The van der Waals surface area contributed by atoms with Crippen molar-refractivity contribution in [1.82, 2.24) is 0 Å². The van der Waals surface area contributed by atoms with Crippen molar-refractivity contribution in [3.8, 4) is 16.9 Å². The van der Waals surface area contributed by atoms with Gasteiger partial charge in [-0.3, -0.25) is 0 Å². The topological polar surface area (TPSA) is 29.5 Å². The molecule has 1 atom stereocenters. The van der Waals surface area contributed by atoms with E-state index in [9.17, 15) is 18.3 Å². The van der Waals surface area contributed by atoms with E-state index in [1.165, 1.54) is 25.1 Å². The molecule has 152 valence electrons. The van der Waals surface area contributed by atoms with Gasteiger partial charge in [-0.2, -0.15) is 0 Å². The van der Waals surface area contributed by atoms with Crippen molar-refractivity contribution in [3.63, 3.8) is 0 Å². The maximum atomic E-state index is 14.3. The third kappa shape index (κ3) is 4.80. The zero-order valence-corrected chi connectivity index (χ0v) is 16.4. The van der Waals surface area contributed by atoms with Crippen molar-refractivity contribution < 1.29 is 23.0 Å². The van der Waals surface area contributed by atoms with Crippen LogP contribution in [0.3, 0.4) is 0 Å². The number of aliphatic hydroxyl groups is 1. The largest absolute Gasteiger partial charge is 0.494 e. The fourth-order valence-electron chi connectivity index (χ4n) is 3.24. The van der Waals surface area contributed by atoms with Gasteiger partial charge in [0.2, 0.25) is 0 Å². The van der Waals surface area contributed by atoms with E-state index in [-0.39, 0.29) is 16.9 Å². The van der Waals surface area contributed by atoms with Crippen molar-refractivity contribution in [3.05, 3.63) is 88.7 Å². The molecule has 0 aliphatic carbocycles. The van der Waals surface area contributed by atoms with Crippen LogP contribution in [0.1, 0.15) is 36.6 Å². The minimum atomic E-state index is -1.06. The van der Waals surface area contributed by atoms with E-state index >= 15 is 0 Å². The van der Waals surface area contributed by atoms with E-state index in [1.807, 2.05) is 31.2 Å². The average Bonchev–Trinajstić information content (AvgIpc) is 2.70. The predicted octanol–water partition coefficient (Wildman–Crippen LogP) is 6.01. The molecule has 3 aromatic carbocycles. The van der Waals surface area contributed by atoms with Crippen molar-refractivity contribution in [2.24, 2.45) is 0 Å². The normalized spacial score (nSPS) is 12.1. The molecule has 5 heteroatoms. The average molecular weight is 400 g/mol. The van der Waals surface area contributed by atoms with Crippen LogP contribution >= 0.6 is 0 Å².